The first-order valence-corrected chi connectivity index (χ1v) is 7.76. The molecule has 23 heavy (non-hydrogen) atoms. The predicted octanol–water partition coefficient (Wildman–Crippen LogP) is 1.77. The van der Waals surface area contributed by atoms with Crippen LogP contribution in [0.1, 0.15) is 13.3 Å². The van der Waals surface area contributed by atoms with Crippen molar-refractivity contribution in [1.29, 1.82) is 0 Å². The molecule has 1 N–H and O–H groups in total. The lowest BCUT2D eigenvalue weighted by molar-refractivity contribution is -0.123. The van der Waals surface area contributed by atoms with Crippen molar-refractivity contribution in [2.45, 2.75) is 13.3 Å². The Bertz CT molecular complexity index is 549. The normalized spacial score (nSPS) is 10.5. The minimum atomic E-state index is -0.227. The second kappa shape index (κ2) is 9.37. The SMILES string of the molecule is COc1ccc(N(CC(=O)NCCCN(C)C)C(C)=O)cc1Cl. The molecule has 0 atom stereocenters. The van der Waals surface area contributed by atoms with Crippen LogP contribution in [0.5, 0.6) is 5.75 Å². The van der Waals surface area contributed by atoms with Crippen LogP contribution < -0.4 is 15.0 Å². The average molecular weight is 342 g/mol. The third-order valence-corrected chi connectivity index (χ3v) is 3.53. The van der Waals surface area contributed by atoms with Crippen LogP contribution in [0.15, 0.2) is 18.2 Å². The fraction of sp³-hybridized carbons (Fsp3) is 0.500. The van der Waals surface area contributed by atoms with Crippen LogP contribution in [0.2, 0.25) is 5.02 Å². The lowest BCUT2D eigenvalue weighted by atomic mass is 10.2. The minimum Gasteiger partial charge on any atom is -0.495 e. The van der Waals surface area contributed by atoms with Gasteiger partial charge in [-0.1, -0.05) is 11.6 Å². The lowest BCUT2D eigenvalue weighted by Gasteiger charge is -2.21. The highest BCUT2D eigenvalue weighted by molar-refractivity contribution is 6.32. The van der Waals surface area contributed by atoms with E-state index in [-0.39, 0.29) is 18.4 Å². The summed E-state index contributed by atoms with van der Waals surface area (Å²) in [5, 5.41) is 3.20. The number of nitrogens with zero attached hydrogens (tertiary/aromatic N) is 2. The van der Waals surface area contributed by atoms with Crippen molar-refractivity contribution < 1.29 is 14.3 Å². The maximum absolute atomic E-state index is 12.0. The Kier molecular flexibility index (Phi) is 7.85. The molecule has 128 valence electrons. The molecule has 0 fully saturated rings. The first-order valence-electron chi connectivity index (χ1n) is 7.38. The summed E-state index contributed by atoms with van der Waals surface area (Å²) in [6.45, 7) is 2.84. The zero-order valence-corrected chi connectivity index (χ0v) is 14.8. The Morgan fingerprint density at radius 3 is 2.52 bits per heavy atom. The molecule has 0 saturated heterocycles. The molecule has 0 aliphatic rings. The van der Waals surface area contributed by atoms with Crippen LogP contribution in [-0.2, 0) is 9.59 Å². The molecule has 7 heteroatoms. The van der Waals surface area contributed by atoms with Crippen LogP contribution in [-0.4, -0.2) is 57.6 Å². The van der Waals surface area contributed by atoms with Gasteiger partial charge in [0.1, 0.15) is 12.3 Å². The molecule has 0 aromatic heterocycles. The van der Waals surface area contributed by atoms with Crippen molar-refractivity contribution in [3.05, 3.63) is 23.2 Å². The molecule has 0 unspecified atom stereocenters. The van der Waals surface area contributed by atoms with Crippen molar-refractivity contribution in [1.82, 2.24) is 10.2 Å². The number of amides is 2. The number of benzene rings is 1. The van der Waals surface area contributed by atoms with Crippen molar-refractivity contribution in [3.8, 4) is 5.75 Å². The van der Waals surface area contributed by atoms with Crippen molar-refractivity contribution >= 4 is 29.1 Å². The Hall–Kier alpha value is -1.79. The number of ether oxygens (including phenoxy) is 1. The summed E-state index contributed by atoms with van der Waals surface area (Å²) < 4.78 is 5.09. The maximum atomic E-state index is 12.0. The lowest BCUT2D eigenvalue weighted by Crippen LogP contribution is -2.40. The number of carbonyl (C=O) groups excluding carboxylic acids is 2. The molecule has 0 aliphatic heterocycles. The maximum Gasteiger partial charge on any atom is 0.240 e. The fourth-order valence-corrected chi connectivity index (χ4v) is 2.28. The van der Waals surface area contributed by atoms with Crippen LogP contribution in [0, 0.1) is 0 Å². The van der Waals surface area contributed by atoms with Gasteiger partial charge in [0.2, 0.25) is 11.8 Å². The number of halogens is 1. The number of hydrogen-bond acceptors (Lipinski definition) is 4. The molecular weight excluding hydrogens is 318 g/mol. The van der Waals surface area contributed by atoms with Gasteiger partial charge in [-0.15, -0.1) is 0 Å². The molecular formula is C16H24ClN3O3. The van der Waals surface area contributed by atoms with Crippen molar-refractivity contribution in [2.24, 2.45) is 0 Å². The topological polar surface area (TPSA) is 61.9 Å². The molecule has 0 saturated carbocycles. The van der Waals surface area contributed by atoms with E-state index in [1.54, 1.807) is 18.2 Å². The van der Waals surface area contributed by atoms with E-state index >= 15 is 0 Å². The summed E-state index contributed by atoms with van der Waals surface area (Å²) in [6, 6.07) is 4.98. The molecule has 0 aliphatic carbocycles. The number of rotatable bonds is 8. The molecule has 0 radical (unpaired) electrons. The van der Waals surface area contributed by atoms with Crippen LogP contribution >= 0.6 is 11.6 Å². The second-order valence-electron chi connectivity index (χ2n) is 5.43. The first-order chi connectivity index (χ1) is 10.8. The summed E-state index contributed by atoms with van der Waals surface area (Å²) in [7, 11) is 5.48. The van der Waals surface area contributed by atoms with Gasteiger partial charge in [0.15, 0.2) is 0 Å². The molecule has 0 bridgehead atoms. The quantitative estimate of drug-likeness (QED) is 0.732. The standard InChI is InChI=1S/C16H24ClN3O3/c1-12(21)20(11-16(22)18-8-5-9-19(2)3)13-6-7-15(23-4)14(17)10-13/h6-7,10H,5,8-9,11H2,1-4H3,(H,18,22). The zero-order valence-electron chi connectivity index (χ0n) is 14.1. The van der Waals surface area contributed by atoms with E-state index in [0.717, 1.165) is 13.0 Å². The van der Waals surface area contributed by atoms with Gasteiger partial charge in [0, 0.05) is 19.2 Å². The van der Waals surface area contributed by atoms with Gasteiger partial charge < -0.3 is 19.9 Å². The highest BCUT2D eigenvalue weighted by Gasteiger charge is 2.17. The van der Waals surface area contributed by atoms with Crippen molar-refractivity contribution in [3.63, 3.8) is 0 Å². The van der Waals surface area contributed by atoms with Crippen LogP contribution in [0.3, 0.4) is 0 Å². The molecule has 1 aromatic carbocycles. The first kappa shape index (κ1) is 19.3. The highest BCUT2D eigenvalue weighted by Crippen LogP contribution is 2.29. The Morgan fingerprint density at radius 2 is 2.00 bits per heavy atom. The largest absolute Gasteiger partial charge is 0.495 e. The fourth-order valence-electron chi connectivity index (χ4n) is 2.03. The number of nitrogens with one attached hydrogen (secondary N) is 1. The van der Waals surface area contributed by atoms with E-state index in [9.17, 15) is 9.59 Å². The van der Waals surface area contributed by atoms with E-state index in [4.69, 9.17) is 16.3 Å². The molecule has 6 nitrogen and oxygen atoms in total. The zero-order chi connectivity index (χ0) is 17.4. The average Bonchev–Trinajstić information content (AvgIpc) is 2.48. The van der Waals surface area contributed by atoms with Gasteiger partial charge >= 0.3 is 0 Å². The number of hydrogen-bond donors (Lipinski definition) is 1. The van der Waals surface area contributed by atoms with Gasteiger partial charge in [-0.3, -0.25) is 9.59 Å². The van der Waals surface area contributed by atoms with Gasteiger partial charge in [-0.2, -0.15) is 0 Å². The van der Waals surface area contributed by atoms with Crippen molar-refractivity contribution in [2.75, 3.05) is 45.7 Å². The van der Waals surface area contributed by atoms with E-state index in [2.05, 4.69) is 5.32 Å². The van der Waals surface area contributed by atoms with E-state index in [1.807, 2.05) is 19.0 Å². The third kappa shape index (κ3) is 6.46. The highest BCUT2D eigenvalue weighted by atomic mass is 35.5. The molecule has 1 rings (SSSR count). The molecule has 0 spiro atoms. The van der Waals surface area contributed by atoms with Crippen LogP contribution in [0.4, 0.5) is 5.69 Å². The molecule has 0 heterocycles. The number of carbonyl (C=O) groups is 2. The molecule has 1 aromatic rings. The minimum absolute atomic E-state index is 0.0417. The molecule has 2 amide bonds. The summed E-state index contributed by atoms with van der Waals surface area (Å²) in [5.41, 5.74) is 0.562. The van der Waals surface area contributed by atoms with E-state index < -0.39 is 0 Å². The van der Waals surface area contributed by atoms with Crippen LogP contribution in [0.25, 0.3) is 0 Å². The monoisotopic (exact) mass is 341 g/mol. The third-order valence-electron chi connectivity index (χ3n) is 3.23. The van der Waals surface area contributed by atoms with Gasteiger partial charge in [-0.05, 0) is 45.3 Å². The Morgan fingerprint density at radius 1 is 1.30 bits per heavy atom. The number of anilines is 1. The summed E-state index contributed by atoms with van der Waals surface area (Å²) in [6.07, 6.45) is 0.854. The summed E-state index contributed by atoms with van der Waals surface area (Å²) in [4.78, 5) is 27.3. The summed E-state index contributed by atoms with van der Waals surface area (Å²) in [5.74, 6) is 0.0904. The van der Waals surface area contributed by atoms with E-state index in [0.29, 0.717) is 23.0 Å². The van der Waals surface area contributed by atoms with Gasteiger partial charge in [-0.25, -0.2) is 0 Å². The van der Waals surface area contributed by atoms with Gasteiger partial charge in [0.25, 0.3) is 0 Å². The summed E-state index contributed by atoms with van der Waals surface area (Å²) >= 11 is 6.08. The van der Waals surface area contributed by atoms with Gasteiger partial charge in [0.05, 0.1) is 12.1 Å². The number of methoxy groups -OCH3 is 1. The Labute approximate surface area is 142 Å². The smallest absolute Gasteiger partial charge is 0.240 e. The Balaban J connectivity index is 2.66. The predicted molar refractivity (Wildman–Crippen MR) is 92.2 cm³/mol. The van der Waals surface area contributed by atoms with E-state index in [1.165, 1.54) is 18.9 Å². The second-order valence-corrected chi connectivity index (χ2v) is 5.84.